The van der Waals surface area contributed by atoms with Gasteiger partial charge in [-0.1, -0.05) is 13.3 Å². The molecule has 0 saturated heterocycles. The molecular formula is C13H21NO3S. The topological polar surface area (TPSA) is 69.4 Å². The molecule has 1 aromatic rings. The molecule has 0 saturated carbocycles. The molecular weight excluding hydrogens is 250 g/mol. The van der Waals surface area contributed by atoms with Crippen molar-refractivity contribution in [3.8, 4) is 5.75 Å². The summed E-state index contributed by atoms with van der Waals surface area (Å²) >= 11 is 0. The Morgan fingerprint density at radius 1 is 1.33 bits per heavy atom. The Balaban J connectivity index is 3.18. The fraction of sp³-hybridized carbons (Fsp3) is 0.538. The van der Waals surface area contributed by atoms with E-state index in [0.29, 0.717) is 18.8 Å². The van der Waals surface area contributed by atoms with Crippen molar-refractivity contribution in [3.05, 3.63) is 18.2 Å². The van der Waals surface area contributed by atoms with Crippen LogP contribution >= 0.6 is 0 Å². The fourth-order valence-corrected chi connectivity index (χ4v) is 3.45. The first kappa shape index (κ1) is 14.8. The van der Waals surface area contributed by atoms with E-state index in [-0.39, 0.29) is 10.6 Å². The largest absolute Gasteiger partial charge is 0.494 e. The molecule has 0 radical (unpaired) electrons. The fourth-order valence-electron chi connectivity index (χ4n) is 1.80. The lowest BCUT2D eigenvalue weighted by molar-refractivity contribution is 0.339. The van der Waals surface area contributed by atoms with Crippen LogP contribution in [0.25, 0.3) is 0 Å². The molecule has 0 aliphatic heterocycles. The predicted octanol–water partition coefficient (Wildman–Crippen LogP) is 2.63. The summed E-state index contributed by atoms with van der Waals surface area (Å²) in [5, 5.41) is -0.429. The molecule has 2 N–H and O–H groups in total. The SMILES string of the molecule is CCCC(C)S(=O)(=O)c1cc(OCC)ccc1N. The molecule has 0 amide bonds. The summed E-state index contributed by atoms with van der Waals surface area (Å²) in [6.45, 7) is 6.02. The summed E-state index contributed by atoms with van der Waals surface area (Å²) in [5.41, 5.74) is 6.05. The summed E-state index contributed by atoms with van der Waals surface area (Å²) in [5.74, 6) is 0.536. The maximum Gasteiger partial charge on any atom is 0.183 e. The van der Waals surface area contributed by atoms with E-state index < -0.39 is 15.1 Å². The maximum absolute atomic E-state index is 12.4. The van der Waals surface area contributed by atoms with Gasteiger partial charge in [-0.3, -0.25) is 0 Å². The van der Waals surface area contributed by atoms with Crippen LogP contribution in [0.1, 0.15) is 33.6 Å². The summed E-state index contributed by atoms with van der Waals surface area (Å²) in [6.07, 6.45) is 1.45. The number of ether oxygens (including phenoxy) is 1. The molecule has 0 bridgehead atoms. The molecule has 4 nitrogen and oxygen atoms in total. The van der Waals surface area contributed by atoms with Crippen molar-refractivity contribution in [2.75, 3.05) is 12.3 Å². The predicted molar refractivity (Wildman–Crippen MR) is 73.6 cm³/mol. The molecule has 0 aliphatic carbocycles. The number of anilines is 1. The third-order valence-corrected chi connectivity index (χ3v) is 5.09. The van der Waals surface area contributed by atoms with Gasteiger partial charge < -0.3 is 10.5 Å². The van der Waals surface area contributed by atoms with Gasteiger partial charge >= 0.3 is 0 Å². The van der Waals surface area contributed by atoms with Crippen LogP contribution in [-0.2, 0) is 9.84 Å². The van der Waals surface area contributed by atoms with Gasteiger partial charge in [-0.25, -0.2) is 8.42 Å². The van der Waals surface area contributed by atoms with Crippen LogP contribution in [0.2, 0.25) is 0 Å². The zero-order valence-corrected chi connectivity index (χ0v) is 12.0. The Bertz CT molecular complexity index is 497. The van der Waals surface area contributed by atoms with Gasteiger partial charge in [0.1, 0.15) is 5.75 Å². The van der Waals surface area contributed by atoms with E-state index >= 15 is 0 Å². The van der Waals surface area contributed by atoms with E-state index in [2.05, 4.69) is 0 Å². The minimum atomic E-state index is -3.38. The lowest BCUT2D eigenvalue weighted by atomic mass is 10.3. The first-order valence-electron chi connectivity index (χ1n) is 6.19. The summed E-state index contributed by atoms with van der Waals surface area (Å²) in [6, 6.07) is 4.78. The van der Waals surface area contributed by atoms with Crippen molar-refractivity contribution in [2.24, 2.45) is 0 Å². The first-order chi connectivity index (χ1) is 8.43. The molecule has 18 heavy (non-hydrogen) atoms. The van der Waals surface area contributed by atoms with Crippen LogP contribution in [0.3, 0.4) is 0 Å². The molecule has 0 aliphatic rings. The Hall–Kier alpha value is -1.23. The third kappa shape index (κ3) is 3.16. The Morgan fingerprint density at radius 2 is 2.00 bits per heavy atom. The van der Waals surface area contributed by atoms with E-state index in [1.54, 1.807) is 19.1 Å². The van der Waals surface area contributed by atoms with Gasteiger partial charge in [0.15, 0.2) is 9.84 Å². The maximum atomic E-state index is 12.4. The van der Waals surface area contributed by atoms with Crippen molar-refractivity contribution < 1.29 is 13.2 Å². The number of benzene rings is 1. The van der Waals surface area contributed by atoms with Crippen molar-refractivity contribution in [2.45, 2.75) is 43.8 Å². The highest BCUT2D eigenvalue weighted by Crippen LogP contribution is 2.28. The number of hydrogen-bond donors (Lipinski definition) is 1. The average molecular weight is 271 g/mol. The van der Waals surface area contributed by atoms with E-state index in [4.69, 9.17) is 10.5 Å². The van der Waals surface area contributed by atoms with Crippen molar-refractivity contribution in [1.82, 2.24) is 0 Å². The Morgan fingerprint density at radius 3 is 2.56 bits per heavy atom. The minimum absolute atomic E-state index is 0.175. The number of nitrogens with two attached hydrogens (primary N) is 1. The summed E-state index contributed by atoms with van der Waals surface area (Å²) < 4.78 is 30.0. The quantitative estimate of drug-likeness (QED) is 0.807. The lowest BCUT2D eigenvalue weighted by Crippen LogP contribution is -2.19. The highest BCUT2D eigenvalue weighted by molar-refractivity contribution is 7.92. The van der Waals surface area contributed by atoms with Gasteiger partial charge in [-0.15, -0.1) is 0 Å². The lowest BCUT2D eigenvalue weighted by Gasteiger charge is -2.15. The molecule has 1 aromatic carbocycles. The molecule has 1 atom stereocenters. The van der Waals surface area contributed by atoms with Gasteiger partial charge in [0.2, 0.25) is 0 Å². The molecule has 5 heteroatoms. The van der Waals surface area contributed by atoms with Crippen LogP contribution in [0.5, 0.6) is 5.75 Å². The second-order valence-electron chi connectivity index (χ2n) is 4.28. The van der Waals surface area contributed by atoms with Crippen molar-refractivity contribution >= 4 is 15.5 Å². The Labute approximate surface area is 109 Å². The minimum Gasteiger partial charge on any atom is -0.494 e. The van der Waals surface area contributed by atoms with E-state index in [9.17, 15) is 8.42 Å². The summed E-state index contributed by atoms with van der Waals surface area (Å²) in [7, 11) is -3.38. The van der Waals surface area contributed by atoms with E-state index in [1.165, 1.54) is 6.07 Å². The molecule has 0 aromatic heterocycles. The van der Waals surface area contributed by atoms with Crippen LogP contribution in [0, 0.1) is 0 Å². The normalized spacial score (nSPS) is 13.3. The highest BCUT2D eigenvalue weighted by Gasteiger charge is 2.25. The second-order valence-corrected chi connectivity index (χ2v) is 6.61. The van der Waals surface area contributed by atoms with Gasteiger partial charge in [0.05, 0.1) is 22.4 Å². The average Bonchev–Trinajstić information content (AvgIpc) is 2.32. The second kappa shape index (κ2) is 6.09. The van der Waals surface area contributed by atoms with Gasteiger partial charge in [-0.2, -0.15) is 0 Å². The molecule has 0 fully saturated rings. The number of hydrogen-bond acceptors (Lipinski definition) is 4. The van der Waals surface area contributed by atoms with Crippen LogP contribution < -0.4 is 10.5 Å². The molecule has 1 rings (SSSR count). The number of sulfone groups is 1. The first-order valence-corrected chi connectivity index (χ1v) is 7.74. The van der Waals surface area contributed by atoms with Gasteiger partial charge in [0, 0.05) is 6.07 Å². The zero-order valence-electron chi connectivity index (χ0n) is 11.1. The molecule has 0 spiro atoms. The smallest absolute Gasteiger partial charge is 0.183 e. The number of rotatable bonds is 6. The van der Waals surface area contributed by atoms with E-state index in [1.807, 2.05) is 13.8 Å². The monoisotopic (exact) mass is 271 g/mol. The van der Waals surface area contributed by atoms with Gasteiger partial charge in [-0.05, 0) is 32.4 Å². The Kier molecular flexibility index (Phi) is 5.02. The molecule has 102 valence electrons. The molecule has 1 unspecified atom stereocenters. The summed E-state index contributed by atoms with van der Waals surface area (Å²) in [4.78, 5) is 0.175. The van der Waals surface area contributed by atoms with Crippen molar-refractivity contribution in [1.29, 1.82) is 0 Å². The highest BCUT2D eigenvalue weighted by atomic mass is 32.2. The number of nitrogen functional groups attached to an aromatic ring is 1. The zero-order chi connectivity index (χ0) is 13.8. The van der Waals surface area contributed by atoms with Crippen LogP contribution in [0.4, 0.5) is 5.69 Å². The standard InChI is InChI=1S/C13H21NO3S/c1-4-6-10(3)18(15,16)13-9-11(17-5-2)7-8-12(13)14/h7-10H,4-6,14H2,1-3H3. The van der Waals surface area contributed by atoms with Gasteiger partial charge in [0.25, 0.3) is 0 Å². The van der Waals surface area contributed by atoms with E-state index in [0.717, 1.165) is 6.42 Å². The van der Waals surface area contributed by atoms with Crippen LogP contribution in [-0.4, -0.2) is 20.3 Å². The third-order valence-electron chi connectivity index (χ3n) is 2.83. The molecule has 0 heterocycles. The van der Waals surface area contributed by atoms with Crippen molar-refractivity contribution in [3.63, 3.8) is 0 Å². The van der Waals surface area contributed by atoms with Crippen LogP contribution in [0.15, 0.2) is 23.1 Å².